The van der Waals surface area contributed by atoms with E-state index in [9.17, 15) is 27.5 Å². The lowest BCUT2D eigenvalue weighted by Crippen LogP contribution is -2.61. The van der Waals surface area contributed by atoms with Crippen LogP contribution in [0, 0.1) is 11.7 Å². The van der Waals surface area contributed by atoms with Crippen LogP contribution in [-0.4, -0.2) is 33.6 Å². The largest absolute Gasteiger partial charge is 0.439 e. The molecule has 8 heteroatoms. The van der Waals surface area contributed by atoms with E-state index in [1.807, 2.05) is 0 Å². The zero-order chi connectivity index (χ0) is 17.5. The Balaban J connectivity index is 2.03. The number of fused-ring (bicyclic) bond motifs is 1. The minimum atomic E-state index is -5.05. The summed E-state index contributed by atoms with van der Waals surface area (Å²) in [6.45, 7) is 0. The first kappa shape index (κ1) is 16.9. The maximum absolute atomic E-state index is 13.7. The van der Waals surface area contributed by atoms with Crippen molar-refractivity contribution in [3.05, 3.63) is 35.6 Å². The van der Waals surface area contributed by atoms with Gasteiger partial charge in [-0.25, -0.2) is 4.39 Å². The molecule has 1 aromatic rings. The van der Waals surface area contributed by atoms with Gasteiger partial charge in [0.1, 0.15) is 5.82 Å². The van der Waals surface area contributed by atoms with E-state index in [1.165, 1.54) is 0 Å². The van der Waals surface area contributed by atoms with Crippen LogP contribution >= 0.6 is 0 Å². The molecule has 1 fully saturated rings. The molecule has 0 aromatic heterocycles. The van der Waals surface area contributed by atoms with E-state index >= 15 is 0 Å². The van der Waals surface area contributed by atoms with E-state index in [-0.39, 0.29) is 22.7 Å². The second kappa shape index (κ2) is 5.84. The highest BCUT2D eigenvalue weighted by molar-refractivity contribution is 5.99. The molecule has 1 heterocycles. The predicted octanol–water partition coefficient (Wildman–Crippen LogP) is 3.47. The highest BCUT2D eigenvalue weighted by Crippen LogP contribution is 2.47. The van der Waals surface area contributed by atoms with Crippen LogP contribution < -0.4 is 0 Å². The molecule has 0 radical (unpaired) electrons. The van der Waals surface area contributed by atoms with Crippen molar-refractivity contribution in [2.24, 2.45) is 11.0 Å². The Kier molecular flexibility index (Phi) is 4.11. The molecule has 1 aliphatic heterocycles. The van der Waals surface area contributed by atoms with Crippen LogP contribution in [0.1, 0.15) is 42.5 Å². The van der Waals surface area contributed by atoms with E-state index in [4.69, 9.17) is 0 Å². The van der Waals surface area contributed by atoms with Crippen LogP contribution in [0.15, 0.2) is 29.4 Å². The zero-order valence-corrected chi connectivity index (χ0v) is 12.7. The Morgan fingerprint density at radius 2 is 1.88 bits per heavy atom. The lowest BCUT2D eigenvalue weighted by molar-refractivity contribution is -0.312. The molecule has 0 bridgehead atoms. The first-order chi connectivity index (χ1) is 11.2. The molecule has 2 aliphatic rings. The van der Waals surface area contributed by atoms with Gasteiger partial charge in [-0.05, 0) is 43.5 Å². The normalized spacial score (nSPS) is 27.5. The summed E-state index contributed by atoms with van der Waals surface area (Å²) in [5.41, 5.74) is -3.33. The molecule has 1 amide bonds. The average molecular weight is 344 g/mol. The van der Waals surface area contributed by atoms with Gasteiger partial charge in [0.25, 0.3) is 11.6 Å². The first-order valence-electron chi connectivity index (χ1n) is 7.71. The summed E-state index contributed by atoms with van der Waals surface area (Å²) in [5, 5.41) is 14.4. The SMILES string of the molecule is O=C(c1ccc(F)cc1)N1N=C2CCCCCC2C1(O)C(F)(F)F. The van der Waals surface area contributed by atoms with Crippen molar-refractivity contribution in [3.63, 3.8) is 0 Å². The predicted molar refractivity (Wildman–Crippen MR) is 77.6 cm³/mol. The molecule has 24 heavy (non-hydrogen) atoms. The zero-order valence-electron chi connectivity index (χ0n) is 12.7. The molecule has 0 spiro atoms. The third-order valence-corrected chi connectivity index (χ3v) is 4.57. The summed E-state index contributed by atoms with van der Waals surface area (Å²) in [6.07, 6.45) is -2.67. The maximum Gasteiger partial charge on any atom is 0.439 e. The molecule has 0 saturated heterocycles. The Morgan fingerprint density at radius 1 is 1.21 bits per heavy atom. The summed E-state index contributed by atoms with van der Waals surface area (Å²) in [7, 11) is 0. The number of hydrazone groups is 1. The van der Waals surface area contributed by atoms with Crippen molar-refractivity contribution in [2.75, 3.05) is 0 Å². The highest BCUT2D eigenvalue weighted by atomic mass is 19.4. The van der Waals surface area contributed by atoms with Gasteiger partial charge in [0, 0.05) is 11.3 Å². The monoisotopic (exact) mass is 344 g/mol. The van der Waals surface area contributed by atoms with Crippen LogP contribution in [0.5, 0.6) is 0 Å². The van der Waals surface area contributed by atoms with Gasteiger partial charge in [-0.15, -0.1) is 0 Å². The Bertz CT molecular complexity index is 672. The molecule has 130 valence electrons. The van der Waals surface area contributed by atoms with E-state index in [2.05, 4.69) is 5.10 Å². The summed E-state index contributed by atoms with van der Waals surface area (Å²) in [6, 6.07) is 4.09. The van der Waals surface area contributed by atoms with Crippen molar-refractivity contribution in [1.82, 2.24) is 5.01 Å². The molecule has 2 unspecified atom stereocenters. The van der Waals surface area contributed by atoms with Gasteiger partial charge in [0.15, 0.2) is 0 Å². The van der Waals surface area contributed by atoms with Gasteiger partial charge in [0.2, 0.25) is 0 Å². The number of hydrogen-bond donors (Lipinski definition) is 1. The Hall–Kier alpha value is -1.96. The van der Waals surface area contributed by atoms with E-state index < -0.39 is 29.5 Å². The smallest absolute Gasteiger partial charge is 0.362 e. The molecular formula is C16H16F4N2O2. The van der Waals surface area contributed by atoms with E-state index in [0.717, 1.165) is 30.7 Å². The number of carbonyl (C=O) groups excluding carboxylic acids is 1. The molecule has 3 rings (SSSR count). The first-order valence-corrected chi connectivity index (χ1v) is 7.71. The number of hydrogen-bond acceptors (Lipinski definition) is 3. The summed E-state index contributed by atoms with van der Waals surface area (Å²) in [5.74, 6) is -2.98. The Morgan fingerprint density at radius 3 is 2.50 bits per heavy atom. The number of nitrogens with zero attached hydrogens (tertiary/aromatic N) is 2. The molecule has 1 N–H and O–H groups in total. The van der Waals surface area contributed by atoms with Crippen molar-refractivity contribution in [2.45, 2.75) is 44.0 Å². The minimum Gasteiger partial charge on any atom is -0.362 e. The number of benzene rings is 1. The Labute approximate surface area is 135 Å². The fraction of sp³-hybridized carbons (Fsp3) is 0.500. The van der Waals surface area contributed by atoms with Crippen LogP contribution in [0.4, 0.5) is 17.6 Å². The lowest BCUT2D eigenvalue weighted by Gasteiger charge is -2.37. The second-order valence-electron chi connectivity index (χ2n) is 6.09. The van der Waals surface area contributed by atoms with Crippen molar-refractivity contribution < 1.29 is 27.5 Å². The van der Waals surface area contributed by atoms with Crippen LogP contribution in [0.3, 0.4) is 0 Å². The standard InChI is InChI=1S/C16H16F4N2O2/c17-11-8-6-10(7-9-11)14(23)22-15(24,16(18,19)20)12-4-2-1-3-5-13(12)21-22/h6-9,12,24H,1-5H2. The third kappa shape index (κ3) is 2.58. The third-order valence-electron chi connectivity index (χ3n) is 4.57. The van der Waals surface area contributed by atoms with Crippen LogP contribution in [0.25, 0.3) is 0 Å². The van der Waals surface area contributed by atoms with E-state index in [1.54, 1.807) is 0 Å². The summed E-state index contributed by atoms with van der Waals surface area (Å²) >= 11 is 0. The number of amides is 1. The molecule has 1 aliphatic carbocycles. The molecule has 2 atom stereocenters. The lowest BCUT2D eigenvalue weighted by atomic mass is 9.87. The van der Waals surface area contributed by atoms with Gasteiger partial charge in [-0.2, -0.15) is 23.3 Å². The van der Waals surface area contributed by atoms with Crippen molar-refractivity contribution >= 4 is 11.6 Å². The number of halogens is 4. The second-order valence-corrected chi connectivity index (χ2v) is 6.09. The van der Waals surface area contributed by atoms with Gasteiger partial charge in [-0.3, -0.25) is 4.79 Å². The van der Waals surface area contributed by atoms with Gasteiger partial charge < -0.3 is 5.11 Å². The maximum atomic E-state index is 13.7. The summed E-state index contributed by atoms with van der Waals surface area (Å²) in [4.78, 5) is 12.5. The quantitative estimate of drug-likeness (QED) is 0.793. The number of alkyl halides is 3. The minimum absolute atomic E-state index is 0.113. The van der Waals surface area contributed by atoms with Crippen molar-refractivity contribution in [1.29, 1.82) is 0 Å². The molecule has 1 aromatic carbocycles. The van der Waals surface area contributed by atoms with Crippen LogP contribution in [0.2, 0.25) is 0 Å². The fourth-order valence-electron chi connectivity index (χ4n) is 3.31. The topological polar surface area (TPSA) is 52.9 Å². The number of aliphatic hydroxyl groups is 1. The van der Waals surface area contributed by atoms with Gasteiger partial charge in [-0.1, -0.05) is 12.8 Å². The highest BCUT2D eigenvalue weighted by Gasteiger charge is 2.68. The molecule has 4 nitrogen and oxygen atoms in total. The van der Waals surface area contributed by atoms with Crippen LogP contribution in [-0.2, 0) is 0 Å². The summed E-state index contributed by atoms with van der Waals surface area (Å²) < 4.78 is 54.0. The molecular weight excluding hydrogens is 328 g/mol. The molecule has 1 saturated carbocycles. The van der Waals surface area contributed by atoms with Gasteiger partial charge in [0.05, 0.1) is 5.92 Å². The fourth-order valence-corrected chi connectivity index (χ4v) is 3.31. The van der Waals surface area contributed by atoms with Crippen molar-refractivity contribution in [3.8, 4) is 0 Å². The van der Waals surface area contributed by atoms with Gasteiger partial charge >= 0.3 is 6.18 Å². The average Bonchev–Trinajstić information content (AvgIpc) is 2.68. The van der Waals surface area contributed by atoms with E-state index in [0.29, 0.717) is 19.3 Å². The number of carbonyl (C=O) groups is 1. The number of rotatable bonds is 1.